The Morgan fingerprint density at radius 3 is 2.58 bits per heavy atom. The van der Waals surface area contributed by atoms with Crippen molar-refractivity contribution >= 4 is 29.2 Å². The van der Waals surface area contributed by atoms with E-state index in [4.69, 9.17) is 11.6 Å². The first-order valence-electron chi connectivity index (χ1n) is 7.45. The molecule has 5 nitrogen and oxygen atoms in total. The summed E-state index contributed by atoms with van der Waals surface area (Å²) in [5.74, 6) is -0.295. The molecule has 0 saturated carbocycles. The number of hydrogen-bond donors (Lipinski definition) is 3. The van der Waals surface area contributed by atoms with Gasteiger partial charge in [-0.15, -0.1) is 0 Å². The SMILES string of the molecule is CC1=C(C(=O)Nc2cccc(Cl)c2)C(c2ccccc2)NC(=O)N1. The van der Waals surface area contributed by atoms with E-state index >= 15 is 0 Å². The highest BCUT2D eigenvalue weighted by Gasteiger charge is 2.31. The van der Waals surface area contributed by atoms with E-state index < -0.39 is 6.04 Å². The van der Waals surface area contributed by atoms with Crippen molar-refractivity contribution in [3.63, 3.8) is 0 Å². The number of halogens is 1. The molecule has 2 aromatic rings. The van der Waals surface area contributed by atoms with Crippen molar-refractivity contribution in [2.45, 2.75) is 13.0 Å². The number of carbonyl (C=O) groups is 2. The lowest BCUT2D eigenvalue weighted by Crippen LogP contribution is -2.45. The molecule has 122 valence electrons. The molecule has 0 spiro atoms. The molecular formula is C18H16ClN3O2. The number of allylic oxidation sites excluding steroid dienone is 1. The maximum atomic E-state index is 12.8. The van der Waals surface area contributed by atoms with Crippen LogP contribution in [-0.4, -0.2) is 11.9 Å². The number of amides is 3. The molecule has 1 unspecified atom stereocenters. The van der Waals surface area contributed by atoms with E-state index in [0.29, 0.717) is 22.0 Å². The quantitative estimate of drug-likeness (QED) is 0.798. The van der Waals surface area contributed by atoms with Crippen molar-refractivity contribution in [1.82, 2.24) is 10.6 Å². The number of carbonyl (C=O) groups excluding carboxylic acids is 2. The van der Waals surface area contributed by atoms with E-state index in [-0.39, 0.29) is 11.9 Å². The number of benzene rings is 2. The van der Waals surface area contributed by atoms with Crippen LogP contribution in [0.25, 0.3) is 0 Å². The van der Waals surface area contributed by atoms with Gasteiger partial charge in [-0.2, -0.15) is 0 Å². The number of urea groups is 1. The van der Waals surface area contributed by atoms with Crippen molar-refractivity contribution in [2.24, 2.45) is 0 Å². The first kappa shape index (κ1) is 16.1. The molecule has 24 heavy (non-hydrogen) atoms. The maximum absolute atomic E-state index is 12.8. The molecule has 3 rings (SSSR count). The first-order chi connectivity index (χ1) is 11.5. The molecule has 0 radical (unpaired) electrons. The van der Waals surface area contributed by atoms with Crippen molar-refractivity contribution in [3.8, 4) is 0 Å². The molecule has 6 heteroatoms. The third-order valence-electron chi connectivity index (χ3n) is 3.73. The summed E-state index contributed by atoms with van der Waals surface area (Å²) in [6, 6.07) is 15.4. The Kier molecular flexibility index (Phi) is 4.53. The highest BCUT2D eigenvalue weighted by atomic mass is 35.5. The van der Waals surface area contributed by atoms with Crippen LogP contribution in [0.15, 0.2) is 65.9 Å². The molecule has 0 bridgehead atoms. The molecule has 1 atom stereocenters. The first-order valence-corrected chi connectivity index (χ1v) is 7.82. The van der Waals surface area contributed by atoms with Crippen molar-refractivity contribution in [3.05, 3.63) is 76.5 Å². The van der Waals surface area contributed by atoms with Crippen LogP contribution in [0.5, 0.6) is 0 Å². The Balaban J connectivity index is 1.94. The fourth-order valence-corrected chi connectivity index (χ4v) is 2.85. The van der Waals surface area contributed by atoms with E-state index in [2.05, 4.69) is 16.0 Å². The predicted molar refractivity (Wildman–Crippen MR) is 93.6 cm³/mol. The van der Waals surface area contributed by atoms with E-state index in [0.717, 1.165) is 5.56 Å². The van der Waals surface area contributed by atoms with Crippen molar-refractivity contribution in [2.75, 3.05) is 5.32 Å². The molecule has 0 saturated heterocycles. The molecule has 0 fully saturated rings. The number of nitrogens with one attached hydrogen (secondary N) is 3. The van der Waals surface area contributed by atoms with Gasteiger partial charge in [0, 0.05) is 16.4 Å². The normalized spacial score (nSPS) is 17.1. The van der Waals surface area contributed by atoms with Crippen LogP contribution in [0.2, 0.25) is 5.02 Å². The number of anilines is 1. The standard InChI is InChI=1S/C18H16ClN3O2/c1-11-15(17(23)21-14-9-5-8-13(19)10-14)16(22-18(24)20-11)12-6-3-2-4-7-12/h2-10,16H,1H3,(H,21,23)(H2,20,22,24). The minimum Gasteiger partial charge on any atom is -0.327 e. The lowest BCUT2D eigenvalue weighted by molar-refractivity contribution is -0.113. The summed E-state index contributed by atoms with van der Waals surface area (Å²) in [6.07, 6.45) is 0. The fraction of sp³-hybridized carbons (Fsp3) is 0.111. The van der Waals surface area contributed by atoms with Crippen molar-refractivity contribution < 1.29 is 9.59 Å². The van der Waals surface area contributed by atoms with Gasteiger partial charge in [0.05, 0.1) is 11.6 Å². The lowest BCUT2D eigenvalue weighted by Gasteiger charge is -2.28. The zero-order valence-corrected chi connectivity index (χ0v) is 13.7. The van der Waals surface area contributed by atoms with Crippen LogP contribution in [-0.2, 0) is 4.79 Å². The predicted octanol–water partition coefficient (Wildman–Crippen LogP) is 3.61. The zero-order valence-electron chi connectivity index (χ0n) is 13.0. The molecule has 1 heterocycles. The molecule has 3 amide bonds. The third kappa shape index (κ3) is 3.41. The largest absolute Gasteiger partial charge is 0.327 e. The summed E-state index contributed by atoms with van der Waals surface area (Å²) < 4.78 is 0. The second-order valence-corrected chi connectivity index (χ2v) is 5.88. The summed E-state index contributed by atoms with van der Waals surface area (Å²) in [7, 11) is 0. The molecule has 1 aliphatic rings. The van der Waals surface area contributed by atoms with E-state index in [1.807, 2.05) is 30.3 Å². The lowest BCUT2D eigenvalue weighted by atomic mass is 9.95. The van der Waals surface area contributed by atoms with Gasteiger partial charge in [-0.05, 0) is 30.7 Å². The number of hydrogen-bond acceptors (Lipinski definition) is 2. The van der Waals surface area contributed by atoms with Gasteiger partial charge in [0.1, 0.15) is 0 Å². The van der Waals surface area contributed by atoms with E-state index in [1.165, 1.54) is 0 Å². The van der Waals surface area contributed by atoms with E-state index in [1.54, 1.807) is 31.2 Å². The van der Waals surface area contributed by atoms with Gasteiger partial charge in [-0.3, -0.25) is 4.79 Å². The Morgan fingerprint density at radius 2 is 1.88 bits per heavy atom. The molecule has 1 aliphatic heterocycles. The summed E-state index contributed by atoms with van der Waals surface area (Å²) in [5, 5.41) is 8.81. The minimum atomic E-state index is -0.515. The second kappa shape index (κ2) is 6.76. The van der Waals surface area contributed by atoms with E-state index in [9.17, 15) is 9.59 Å². The zero-order chi connectivity index (χ0) is 17.1. The molecule has 0 aromatic heterocycles. The average Bonchev–Trinajstić information content (AvgIpc) is 2.54. The Bertz CT molecular complexity index is 818. The monoisotopic (exact) mass is 341 g/mol. The second-order valence-electron chi connectivity index (χ2n) is 5.45. The van der Waals surface area contributed by atoms with Gasteiger partial charge in [-0.25, -0.2) is 4.79 Å². The van der Waals surface area contributed by atoms with Crippen LogP contribution in [0, 0.1) is 0 Å². The summed E-state index contributed by atoms with van der Waals surface area (Å²) in [6.45, 7) is 1.71. The number of rotatable bonds is 3. The average molecular weight is 342 g/mol. The summed E-state index contributed by atoms with van der Waals surface area (Å²) in [5.41, 5.74) is 2.41. The van der Waals surface area contributed by atoms with Gasteiger partial charge in [0.15, 0.2) is 0 Å². The van der Waals surface area contributed by atoms with Gasteiger partial charge in [-0.1, -0.05) is 48.0 Å². The molecular weight excluding hydrogens is 326 g/mol. The minimum absolute atomic E-state index is 0.295. The van der Waals surface area contributed by atoms with Gasteiger partial charge < -0.3 is 16.0 Å². The summed E-state index contributed by atoms with van der Waals surface area (Å²) in [4.78, 5) is 24.6. The van der Waals surface area contributed by atoms with Crippen LogP contribution in [0.3, 0.4) is 0 Å². The highest BCUT2D eigenvalue weighted by Crippen LogP contribution is 2.27. The Labute approximate surface area is 144 Å². The topological polar surface area (TPSA) is 70.2 Å². The van der Waals surface area contributed by atoms with Crippen LogP contribution >= 0.6 is 11.6 Å². The maximum Gasteiger partial charge on any atom is 0.319 e. The molecule has 0 aliphatic carbocycles. The van der Waals surface area contributed by atoms with Crippen molar-refractivity contribution in [1.29, 1.82) is 0 Å². The van der Waals surface area contributed by atoms with Gasteiger partial charge >= 0.3 is 6.03 Å². The third-order valence-corrected chi connectivity index (χ3v) is 3.96. The van der Waals surface area contributed by atoms with Crippen LogP contribution in [0.4, 0.5) is 10.5 Å². The smallest absolute Gasteiger partial charge is 0.319 e. The van der Waals surface area contributed by atoms with Crippen LogP contribution < -0.4 is 16.0 Å². The summed E-state index contributed by atoms with van der Waals surface area (Å²) >= 11 is 5.95. The molecule has 3 N–H and O–H groups in total. The van der Waals surface area contributed by atoms with Gasteiger partial charge in [0.25, 0.3) is 5.91 Å². The Hall–Kier alpha value is -2.79. The Morgan fingerprint density at radius 1 is 1.12 bits per heavy atom. The molecule has 2 aromatic carbocycles. The highest BCUT2D eigenvalue weighted by molar-refractivity contribution is 6.31. The van der Waals surface area contributed by atoms with Crippen LogP contribution in [0.1, 0.15) is 18.5 Å². The fourth-order valence-electron chi connectivity index (χ4n) is 2.66. The van der Waals surface area contributed by atoms with Gasteiger partial charge in [0.2, 0.25) is 0 Å².